The molecular formula is C19H20N2O3. The third-order valence-electron chi connectivity index (χ3n) is 4.21. The third-order valence-corrected chi connectivity index (χ3v) is 4.21. The van der Waals surface area contributed by atoms with E-state index in [9.17, 15) is 9.59 Å². The number of nitrogens with one attached hydrogen (secondary N) is 2. The van der Waals surface area contributed by atoms with Crippen LogP contribution in [-0.4, -0.2) is 16.9 Å². The van der Waals surface area contributed by atoms with Crippen molar-refractivity contribution in [2.75, 3.05) is 10.6 Å². The average molecular weight is 324 g/mol. The van der Waals surface area contributed by atoms with Gasteiger partial charge in [0.25, 0.3) is 5.91 Å². The Hall–Kier alpha value is -2.66. The van der Waals surface area contributed by atoms with E-state index in [0.717, 1.165) is 12.0 Å². The Labute approximate surface area is 140 Å². The van der Waals surface area contributed by atoms with Crippen molar-refractivity contribution >= 4 is 23.2 Å². The van der Waals surface area contributed by atoms with E-state index in [1.54, 1.807) is 48.5 Å². The molecule has 5 heteroatoms. The molecule has 0 aliphatic heterocycles. The van der Waals surface area contributed by atoms with Crippen molar-refractivity contribution in [3.05, 3.63) is 59.7 Å². The van der Waals surface area contributed by atoms with Crippen LogP contribution in [0.3, 0.4) is 0 Å². The van der Waals surface area contributed by atoms with Gasteiger partial charge >= 0.3 is 0 Å². The molecule has 0 saturated heterocycles. The van der Waals surface area contributed by atoms with Gasteiger partial charge in [0.05, 0.1) is 6.61 Å². The number of rotatable bonds is 5. The zero-order valence-electron chi connectivity index (χ0n) is 13.5. The molecule has 124 valence electrons. The lowest BCUT2D eigenvalue weighted by atomic mass is 10.1. The highest BCUT2D eigenvalue weighted by Gasteiger charge is 2.39. The SMILES string of the molecule is CC1CC1C(=O)Nc1cccc(C(=O)Nc2cccc(CO)c2)c1. The smallest absolute Gasteiger partial charge is 0.255 e. The minimum atomic E-state index is -0.263. The van der Waals surface area contributed by atoms with Crippen LogP contribution in [0.25, 0.3) is 0 Å². The van der Waals surface area contributed by atoms with Crippen LogP contribution in [0.5, 0.6) is 0 Å². The predicted molar refractivity (Wildman–Crippen MR) is 92.7 cm³/mol. The zero-order valence-corrected chi connectivity index (χ0v) is 13.5. The first-order valence-electron chi connectivity index (χ1n) is 7.99. The molecule has 0 radical (unpaired) electrons. The normalized spacial score (nSPS) is 18.8. The number of amides is 2. The monoisotopic (exact) mass is 324 g/mol. The van der Waals surface area contributed by atoms with Crippen LogP contribution in [-0.2, 0) is 11.4 Å². The zero-order chi connectivity index (χ0) is 17.1. The van der Waals surface area contributed by atoms with E-state index in [1.807, 2.05) is 0 Å². The molecule has 2 aromatic rings. The van der Waals surface area contributed by atoms with Crippen molar-refractivity contribution in [3.63, 3.8) is 0 Å². The van der Waals surface area contributed by atoms with E-state index in [2.05, 4.69) is 17.6 Å². The van der Waals surface area contributed by atoms with E-state index < -0.39 is 0 Å². The van der Waals surface area contributed by atoms with E-state index >= 15 is 0 Å². The topological polar surface area (TPSA) is 78.4 Å². The van der Waals surface area contributed by atoms with Crippen LogP contribution in [0.4, 0.5) is 11.4 Å². The highest BCUT2D eigenvalue weighted by Crippen LogP contribution is 2.38. The van der Waals surface area contributed by atoms with Gasteiger partial charge in [0.15, 0.2) is 0 Å². The summed E-state index contributed by atoms with van der Waals surface area (Å²) in [5, 5.41) is 14.8. The van der Waals surface area contributed by atoms with Crippen LogP contribution in [0, 0.1) is 11.8 Å². The summed E-state index contributed by atoms with van der Waals surface area (Å²) < 4.78 is 0. The quantitative estimate of drug-likeness (QED) is 0.791. The molecule has 2 aromatic carbocycles. The number of hydrogen-bond donors (Lipinski definition) is 3. The first-order valence-corrected chi connectivity index (χ1v) is 7.99. The molecular weight excluding hydrogens is 304 g/mol. The van der Waals surface area contributed by atoms with E-state index in [0.29, 0.717) is 22.9 Å². The standard InChI is InChI=1S/C19H20N2O3/c1-12-8-17(12)19(24)21-16-7-3-5-14(10-16)18(23)20-15-6-2-4-13(9-15)11-22/h2-7,9-10,12,17,22H,8,11H2,1H3,(H,20,23)(H,21,24). The third kappa shape index (κ3) is 3.81. The van der Waals surface area contributed by atoms with E-state index in [1.165, 1.54) is 0 Å². The molecule has 3 rings (SSSR count). The van der Waals surface area contributed by atoms with Crippen molar-refractivity contribution in [1.29, 1.82) is 0 Å². The first-order chi connectivity index (χ1) is 11.6. The number of aliphatic hydroxyl groups is 1. The summed E-state index contributed by atoms with van der Waals surface area (Å²) in [5.41, 5.74) is 2.43. The van der Waals surface area contributed by atoms with Crippen LogP contribution in [0.15, 0.2) is 48.5 Å². The summed E-state index contributed by atoms with van der Waals surface area (Å²) in [6.07, 6.45) is 0.924. The molecule has 1 fully saturated rings. The largest absolute Gasteiger partial charge is 0.392 e. The molecule has 0 bridgehead atoms. The van der Waals surface area contributed by atoms with Gasteiger partial charge in [-0.15, -0.1) is 0 Å². The van der Waals surface area contributed by atoms with E-state index in [-0.39, 0.29) is 24.3 Å². The van der Waals surface area contributed by atoms with Crippen molar-refractivity contribution in [2.45, 2.75) is 20.0 Å². The van der Waals surface area contributed by atoms with Gasteiger partial charge in [-0.2, -0.15) is 0 Å². The first kappa shape index (κ1) is 16.2. The number of benzene rings is 2. The fourth-order valence-corrected chi connectivity index (χ4v) is 2.61. The molecule has 1 saturated carbocycles. The van der Waals surface area contributed by atoms with Gasteiger partial charge < -0.3 is 15.7 Å². The maximum Gasteiger partial charge on any atom is 0.255 e. The summed E-state index contributed by atoms with van der Waals surface area (Å²) in [6, 6.07) is 13.9. The second kappa shape index (κ2) is 6.84. The summed E-state index contributed by atoms with van der Waals surface area (Å²) in [7, 11) is 0. The lowest BCUT2D eigenvalue weighted by Gasteiger charge is -2.09. The van der Waals surface area contributed by atoms with Crippen molar-refractivity contribution in [2.24, 2.45) is 11.8 Å². The Morgan fingerprint density at radius 2 is 1.75 bits per heavy atom. The van der Waals surface area contributed by atoms with Crippen molar-refractivity contribution in [3.8, 4) is 0 Å². The highest BCUT2D eigenvalue weighted by molar-refractivity contribution is 6.05. The summed E-state index contributed by atoms with van der Waals surface area (Å²) in [5.74, 6) is 0.274. The minimum Gasteiger partial charge on any atom is -0.392 e. The average Bonchev–Trinajstić information content (AvgIpc) is 3.32. The molecule has 1 aliphatic rings. The lowest BCUT2D eigenvalue weighted by Crippen LogP contribution is -2.16. The Morgan fingerprint density at radius 3 is 2.42 bits per heavy atom. The van der Waals surface area contributed by atoms with Gasteiger partial charge in [-0.3, -0.25) is 9.59 Å². The van der Waals surface area contributed by atoms with Gasteiger partial charge in [-0.25, -0.2) is 0 Å². The van der Waals surface area contributed by atoms with Gasteiger partial charge in [-0.1, -0.05) is 25.1 Å². The summed E-state index contributed by atoms with van der Waals surface area (Å²) in [4.78, 5) is 24.4. The van der Waals surface area contributed by atoms with Gasteiger partial charge in [0, 0.05) is 22.9 Å². The number of anilines is 2. The molecule has 0 heterocycles. The van der Waals surface area contributed by atoms with Crippen LogP contribution in [0.1, 0.15) is 29.3 Å². The van der Waals surface area contributed by atoms with Gasteiger partial charge in [0.2, 0.25) is 5.91 Å². The molecule has 0 spiro atoms. The second-order valence-electron chi connectivity index (χ2n) is 6.20. The van der Waals surface area contributed by atoms with Gasteiger partial charge in [-0.05, 0) is 48.2 Å². The molecule has 3 N–H and O–H groups in total. The summed E-state index contributed by atoms with van der Waals surface area (Å²) in [6.45, 7) is 1.97. The number of carbonyl (C=O) groups excluding carboxylic acids is 2. The molecule has 5 nitrogen and oxygen atoms in total. The van der Waals surface area contributed by atoms with Crippen LogP contribution >= 0.6 is 0 Å². The summed E-state index contributed by atoms with van der Waals surface area (Å²) >= 11 is 0. The Bertz CT molecular complexity index is 773. The van der Waals surface area contributed by atoms with Gasteiger partial charge in [0.1, 0.15) is 0 Å². The minimum absolute atomic E-state index is 0.00991. The fraction of sp³-hybridized carbons (Fsp3) is 0.263. The highest BCUT2D eigenvalue weighted by atomic mass is 16.3. The maximum absolute atomic E-state index is 12.4. The Morgan fingerprint density at radius 1 is 1.08 bits per heavy atom. The van der Waals surface area contributed by atoms with Crippen molar-refractivity contribution in [1.82, 2.24) is 0 Å². The van der Waals surface area contributed by atoms with E-state index in [4.69, 9.17) is 5.11 Å². The molecule has 2 amide bonds. The van der Waals surface area contributed by atoms with Crippen LogP contribution in [0.2, 0.25) is 0 Å². The number of carbonyl (C=O) groups is 2. The predicted octanol–water partition coefficient (Wildman–Crippen LogP) is 3.03. The fourth-order valence-electron chi connectivity index (χ4n) is 2.61. The molecule has 2 atom stereocenters. The number of aliphatic hydroxyl groups excluding tert-OH is 1. The second-order valence-corrected chi connectivity index (χ2v) is 6.20. The molecule has 1 aliphatic carbocycles. The molecule has 2 unspecified atom stereocenters. The molecule has 24 heavy (non-hydrogen) atoms. The van der Waals surface area contributed by atoms with Crippen LogP contribution < -0.4 is 10.6 Å². The Kier molecular flexibility index (Phi) is 4.62. The molecule has 0 aromatic heterocycles. The van der Waals surface area contributed by atoms with Crippen molar-refractivity contribution < 1.29 is 14.7 Å². The number of hydrogen-bond acceptors (Lipinski definition) is 3. The Balaban J connectivity index is 1.68. The maximum atomic E-state index is 12.4. The lowest BCUT2D eigenvalue weighted by molar-refractivity contribution is -0.117.